The van der Waals surface area contributed by atoms with E-state index in [0.717, 1.165) is 17.1 Å². The Bertz CT molecular complexity index is 778. The van der Waals surface area contributed by atoms with Gasteiger partial charge in [-0.15, -0.1) is 0 Å². The zero-order valence-corrected chi connectivity index (χ0v) is 13.2. The molecule has 0 amide bonds. The molecule has 2 rings (SSSR count). The molecule has 2 aromatic rings. The maximum absolute atomic E-state index is 11.6. The first kappa shape index (κ1) is 15.7. The van der Waals surface area contributed by atoms with Gasteiger partial charge in [-0.1, -0.05) is 0 Å². The van der Waals surface area contributed by atoms with E-state index in [0.29, 0.717) is 19.0 Å². The molecule has 8 nitrogen and oxygen atoms in total. The van der Waals surface area contributed by atoms with E-state index in [-0.39, 0.29) is 11.1 Å². The lowest BCUT2D eigenvalue weighted by Gasteiger charge is -2.16. The van der Waals surface area contributed by atoms with E-state index in [1.54, 1.807) is 0 Å². The number of nitrogens with zero attached hydrogens (tertiary/aromatic N) is 4. The van der Waals surface area contributed by atoms with Gasteiger partial charge in [0.1, 0.15) is 5.82 Å². The number of hydrogen-bond donors (Lipinski definition) is 2. The molecule has 0 fully saturated rings. The minimum atomic E-state index is -0.302. The van der Waals surface area contributed by atoms with E-state index in [1.807, 2.05) is 32.8 Å². The van der Waals surface area contributed by atoms with E-state index in [2.05, 4.69) is 20.4 Å². The van der Waals surface area contributed by atoms with Gasteiger partial charge in [0.15, 0.2) is 0 Å². The van der Waals surface area contributed by atoms with Gasteiger partial charge < -0.3 is 10.2 Å². The van der Waals surface area contributed by atoms with Crippen molar-refractivity contribution in [1.82, 2.24) is 19.7 Å². The van der Waals surface area contributed by atoms with Crippen LogP contribution in [0.5, 0.6) is 0 Å². The van der Waals surface area contributed by atoms with Gasteiger partial charge in [0, 0.05) is 44.0 Å². The smallest absolute Gasteiger partial charge is 0.265 e. The maximum atomic E-state index is 11.6. The normalized spacial score (nSPS) is 10.5. The molecule has 0 unspecified atom stereocenters. The van der Waals surface area contributed by atoms with Crippen LogP contribution in [-0.2, 0) is 6.54 Å². The summed E-state index contributed by atoms with van der Waals surface area (Å²) >= 11 is 0. The topological polar surface area (TPSA) is 95.9 Å². The Labute approximate surface area is 127 Å². The Kier molecular flexibility index (Phi) is 4.59. The van der Waals surface area contributed by atoms with Crippen LogP contribution in [0.2, 0.25) is 0 Å². The molecule has 0 aliphatic heterocycles. The van der Waals surface area contributed by atoms with Gasteiger partial charge in [-0.05, 0) is 13.8 Å². The third kappa shape index (κ3) is 3.51. The molecule has 0 saturated heterocycles. The predicted molar refractivity (Wildman–Crippen MR) is 85.6 cm³/mol. The molecule has 0 saturated carbocycles. The van der Waals surface area contributed by atoms with E-state index in [4.69, 9.17) is 0 Å². The molecule has 22 heavy (non-hydrogen) atoms. The fourth-order valence-electron chi connectivity index (χ4n) is 1.90. The molecule has 0 aliphatic rings. The highest BCUT2D eigenvalue weighted by atomic mass is 16.1. The van der Waals surface area contributed by atoms with Crippen LogP contribution in [0.4, 0.5) is 11.8 Å². The monoisotopic (exact) mass is 304 g/mol. The summed E-state index contributed by atoms with van der Waals surface area (Å²) in [5.74, 6) is 1.35. The third-order valence-electron chi connectivity index (χ3n) is 3.29. The number of rotatable bonds is 5. The van der Waals surface area contributed by atoms with Crippen LogP contribution in [0, 0.1) is 13.8 Å². The van der Waals surface area contributed by atoms with Gasteiger partial charge in [-0.2, -0.15) is 4.98 Å². The molecular formula is C14H20N6O2. The van der Waals surface area contributed by atoms with Crippen LogP contribution in [0.1, 0.15) is 11.3 Å². The highest BCUT2D eigenvalue weighted by Crippen LogP contribution is 2.17. The minimum absolute atomic E-state index is 0.244. The van der Waals surface area contributed by atoms with Crippen molar-refractivity contribution in [2.75, 3.05) is 30.9 Å². The second-order valence-electron chi connectivity index (χ2n) is 5.20. The molecule has 118 valence electrons. The Morgan fingerprint density at radius 3 is 2.64 bits per heavy atom. The quantitative estimate of drug-likeness (QED) is 0.814. The molecule has 2 heterocycles. The highest BCUT2D eigenvalue weighted by Gasteiger charge is 2.09. The number of aromatic nitrogens is 4. The molecule has 8 heteroatoms. The van der Waals surface area contributed by atoms with E-state index in [9.17, 15) is 9.59 Å². The Hall–Kier alpha value is -2.64. The molecule has 0 aliphatic carbocycles. The van der Waals surface area contributed by atoms with E-state index >= 15 is 0 Å². The van der Waals surface area contributed by atoms with Crippen LogP contribution in [0.3, 0.4) is 0 Å². The maximum Gasteiger partial charge on any atom is 0.265 e. The van der Waals surface area contributed by atoms with E-state index in [1.165, 1.54) is 16.8 Å². The van der Waals surface area contributed by atoms with Gasteiger partial charge in [0.25, 0.3) is 11.1 Å². The molecular weight excluding hydrogens is 284 g/mol. The zero-order valence-electron chi connectivity index (χ0n) is 13.2. The summed E-state index contributed by atoms with van der Waals surface area (Å²) in [4.78, 5) is 33.5. The van der Waals surface area contributed by atoms with Gasteiger partial charge in [0.2, 0.25) is 5.95 Å². The summed E-state index contributed by atoms with van der Waals surface area (Å²) in [7, 11) is 3.75. The molecule has 2 N–H and O–H groups in total. The summed E-state index contributed by atoms with van der Waals surface area (Å²) in [5, 5.41) is 5.67. The van der Waals surface area contributed by atoms with Gasteiger partial charge in [-0.3, -0.25) is 14.7 Å². The fraction of sp³-hybridized carbons (Fsp3) is 0.429. The predicted octanol–water partition coefficient (Wildman–Crippen LogP) is 0.122. The first-order valence-corrected chi connectivity index (χ1v) is 6.95. The van der Waals surface area contributed by atoms with Crippen LogP contribution >= 0.6 is 0 Å². The summed E-state index contributed by atoms with van der Waals surface area (Å²) in [6, 6.07) is 2.47. The second kappa shape index (κ2) is 6.42. The number of H-pyrrole nitrogens is 1. The lowest BCUT2D eigenvalue weighted by Crippen LogP contribution is -2.30. The van der Waals surface area contributed by atoms with Crippen molar-refractivity contribution >= 4 is 11.8 Å². The van der Waals surface area contributed by atoms with Crippen molar-refractivity contribution in [2.45, 2.75) is 20.4 Å². The van der Waals surface area contributed by atoms with Crippen LogP contribution in [0.25, 0.3) is 0 Å². The second-order valence-corrected chi connectivity index (χ2v) is 5.20. The highest BCUT2D eigenvalue weighted by molar-refractivity contribution is 5.49. The lowest BCUT2D eigenvalue weighted by atomic mass is 10.2. The fourth-order valence-corrected chi connectivity index (χ4v) is 1.90. The Morgan fingerprint density at radius 2 is 1.95 bits per heavy atom. The summed E-state index contributed by atoms with van der Waals surface area (Å²) < 4.78 is 1.27. The van der Waals surface area contributed by atoms with Gasteiger partial charge >= 0.3 is 0 Å². The number of hydrogen-bond acceptors (Lipinski definition) is 6. The molecule has 0 atom stereocenters. The summed E-state index contributed by atoms with van der Waals surface area (Å²) in [6.45, 7) is 4.67. The number of aromatic amines is 1. The zero-order chi connectivity index (χ0) is 16.3. The van der Waals surface area contributed by atoms with E-state index < -0.39 is 0 Å². The number of nitrogens with one attached hydrogen (secondary N) is 2. The molecule has 0 aromatic carbocycles. The standard InChI is InChI=1S/C14H20N6O2/c1-9-10(2)16-14(19(3)4)17-13(9)15-7-8-20-12(22)6-5-11(21)18-20/h5-6H,7-8H2,1-4H3,(H,18,21)(H,15,16,17). The van der Waals surface area contributed by atoms with Gasteiger partial charge in [-0.25, -0.2) is 9.67 Å². The van der Waals surface area contributed by atoms with Crippen molar-refractivity contribution in [3.05, 3.63) is 44.1 Å². The number of anilines is 2. The van der Waals surface area contributed by atoms with Crippen LogP contribution < -0.4 is 21.3 Å². The van der Waals surface area contributed by atoms with Crippen molar-refractivity contribution in [3.63, 3.8) is 0 Å². The molecule has 0 radical (unpaired) electrons. The summed E-state index contributed by atoms with van der Waals surface area (Å²) in [5.41, 5.74) is 1.31. The Balaban J connectivity index is 2.13. The molecule has 0 spiro atoms. The minimum Gasteiger partial charge on any atom is -0.368 e. The number of aryl methyl sites for hydroxylation is 1. The van der Waals surface area contributed by atoms with Gasteiger partial charge in [0.05, 0.1) is 6.54 Å². The van der Waals surface area contributed by atoms with Crippen molar-refractivity contribution in [3.8, 4) is 0 Å². The van der Waals surface area contributed by atoms with Crippen molar-refractivity contribution in [1.29, 1.82) is 0 Å². The Morgan fingerprint density at radius 1 is 1.23 bits per heavy atom. The first-order valence-electron chi connectivity index (χ1n) is 6.95. The average molecular weight is 304 g/mol. The first-order chi connectivity index (χ1) is 10.4. The third-order valence-corrected chi connectivity index (χ3v) is 3.29. The lowest BCUT2D eigenvalue weighted by molar-refractivity contribution is 0.587. The summed E-state index contributed by atoms with van der Waals surface area (Å²) in [6.07, 6.45) is 0. The molecule has 2 aromatic heterocycles. The SMILES string of the molecule is Cc1nc(N(C)C)nc(NCCn2[nH]c(=O)ccc2=O)c1C. The van der Waals surface area contributed by atoms with Crippen molar-refractivity contribution in [2.24, 2.45) is 0 Å². The van der Waals surface area contributed by atoms with Crippen LogP contribution in [0.15, 0.2) is 21.7 Å². The van der Waals surface area contributed by atoms with Crippen molar-refractivity contribution < 1.29 is 0 Å². The van der Waals surface area contributed by atoms with Crippen LogP contribution in [-0.4, -0.2) is 40.4 Å². The molecule has 0 bridgehead atoms. The largest absolute Gasteiger partial charge is 0.368 e. The average Bonchev–Trinajstić information content (AvgIpc) is 2.46.